The van der Waals surface area contributed by atoms with E-state index >= 15 is 0 Å². The Kier molecular flexibility index (Phi) is 5.01. The minimum absolute atomic E-state index is 0.0155. The van der Waals surface area contributed by atoms with Crippen molar-refractivity contribution in [3.63, 3.8) is 0 Å². The zero-order chi connectivity index (χ0) is 19.5. The smallest absolute Gasteiger partial charge is 0.324 e. The Hall–Kier alpha value is -3.29. The summed E-state index contributed by atoms with van der Waals surface area (Å²) in [5.74, 6) is -1.50. The molecule has 2 heterocycles. The molecule has 8 heteroatoms. The maximum atomic E-state index is 13.7. The second-order valence-electron chi connectivity index (χ2n) is 6.64. The molecule has 144 valence electrons. The molecule has 0 radical (unpaired) electrons. The number of rotatable bonds is 4. The van der Waals surface area contributed by atoms with Crippen LogP contribution in [0.2, 0.25) is 0 Å². The summed E-state index contributed by atoms with van der Waals surface area (Å²) >= 11 is 0. The molecule has 0 aliphatic carbocycles. The van der Waals surface area contributed by atoms with Gasteiger partial charge in [-0.15, -0.1) is 0 Å². The van der Waals surface area contributed by atoms with Crippen LogP contribution in [0.5, 0.6) is 0 Å². The summed E-state index contributed by atoms with van der Waals surface area (Å²) in [6, 6.07) is 13.0. The van der Waals surface area contributed by atoms with Crippen molar-refractivity contribution < 1.29 is 18.1 Å². The summed E-state index contributed by atoms with van der Waals surface area (Å²) < 4.78 is 32.0. The normalized spacial score (nSPS) is 14.9. The van der Waals surface area contributed by atoms with Gasteiger partial charge in [-0.25, -0.2) is 8.78 Å². The summed E-state index contributed by atoms with van der Waals surface area (Å²) in [5, 5.41) is 6.55. The first-order valence-electron chi connectivity index (χ1n) is 9.00. The van der Waals surface area contributed by atoms with Crippen LogP contribution in [-0.4, -0.2) is 29.1 Å². The standard InChI is InChI=1S/C20H18F2N4O2/c21-15-6-7-17(16(22)12-15)23-19(27)14-8-10-26(11-9-14)20-24-18(25-28-20)13-4-2-1-3-5-13/h1-7,12,14H,8-11H2,(H,23,27). The lowest BCUT2D eigenvalue weighted by atomic mass is 9.96. The Balaban J connectivity index is 1.35. The van der Waals surface area contributed by atoms with Crippen molar-refractivity contribution in [3.8, 4) is 11.4 Å². The van der Waals surface area contributed by atoms with Crippen LogP contribution in [0, 0.1) is 17.6 Å². The number of carbonyl (C=O) groups is 1. The van der Waals surface area contributed by atoms with Crippen LogP contribution in [0.15, 0.2) is 53.1 Å². The van der Waals surface area contributed by atoms with E-state index in [1.54, 1.807) is 0 Å². The monoisotopic (exact) mass is 384 g/mol. The Morgan fingerprint density at radius 2 is 1.86 bits per heavy atom. The molecule has 0 atom stereocenters. The molecule has 1 aliphatic rings. The number of halogens is 2. The average Bonchev–Trinajstić information content (AvgIpc) is 3.21. The number of aromatic nitrogens is 2. The third-order valence-corrected chi connectivity index (χ3v) is 4.77. The molecule has 1 fully saturated rings. The molecule has 1 aromatic heterocycles. The zero-order valence-corrected chi connectivity index (χ0v) is 14.9. The molecule has 3 aromatic rings. The van der Waals surface area contributed by atoms with Crippen molar-refractivity contribution in [1.29, 1.82) is 0 Å². The number of carbonyl (C=O) groups excluding carboxylic acids is 1. The van der Waals surface area contributed by atoms with Gasteiger partial charge in [0.25, 0.3) is 0 Å². The summed E-state index contributed by atoms with van der Waals surface area (Å²) in [4.78, 5) is 18.8. The van der Waals surface area contributed by atoms with Gasteiger partial charge in [-0.3, -0.25) is 4.79 Å². The molecule has 4 rings (SSSR count). The number of amides is 1. The molecular formula is C20H18F2N4O2. The fourth-order valence-electron chi connectivity index (χ4n) is 3.21. The Bertz CT molecular complexity index is 969. The molecule has 2 aromatic carbocycles. The first kappa shape index (κ1) is 18.1. The van der Waals surface area contributed by atoms with Crippen LogP contribution < -0.4 is 10.2 Å². The predicted octanol–water partition coefficient (Wildman–Crippen LogP) is 3.87. The second-order valence-corrected chi connectivity index (χ2v) is 6.64. The molecule has 1 aliphatic heterocycles. The predicted molar refractivity (Wildman–Crippen MR) is 99.7 cm³/mol. The first-order valence-corrected chi connectivity index (χ1v) is 9.00. The summed E-state index contributed by atoms with van der Waals surface area (Å²) in [7, 11) is 0. The lowest BCUT2D eigenvalue weighted by Gasteiger charge is -2.29. The van der Waals surface area contributed by atoms with Gasteiger partial charge in [0.15, 0.2) is 0 Å². The largest absolute Gasteiger partial charge is 0.324 e. The fourth-order valence-corrected chi connectivity index (χ4v) is 3.21. The lowest BCUT2D eigenvalue weighted by Crippen LogP contribution is -2.38. The molecule has 1 amide bonds. The van der Waals surface area contributed by atoms with E-state index in [0.29, 0.717) is 37.8 Å². The van der Waals surface area contributed by atoms with Gasteiger partial charge in [-0.2, -0.15) is 4.98 Å². The van der Waals surface area contributed by atoms with Gasteiger partial charge in [0, 0.05) is 30.6 Å². The molecule has 0 bridgehead atoms. The SMILES string of the molecule is O=C(Nc1ccc(F)cc1F)C1CCN(c2nc(-c3ccccc3)no2)CC1. The molecule has 1 saturated heterocycles. The topological polar surface area (TPSA) is 71.3 Å². The van der Waals surface area contributed by atoms with E-state index in [2.05, 4.69) is 15.5 Å². The second kappa shape index (κ2) is 7.75. The van der Waals surface area contributed by atoms with E-state index in [-0.39, 0.29) is 17.5 Å². The molecule has 1 N–H and O–H groups in total. The van der Waals surface area contributed by atoms with E-state index in [0.717, 1.165) is 17.7 Å². The highest BCUT2D eigenvalue weighted by molar-refractivity contribution is 5.92. The van der Waals surface area contributed by atoms with Gasteiger partial charge < -0.3 is 14.7 Å². The third kappa shape index (κ3) is 3.85. The number of hydrogen-bond donors (Lipinski definition) is 1. The van der Waals surface area contributed by atoms with Crippen LogP contribution in [0.25, 0.3) is 11.4 Å². The quantitative estimate of drug-likeness (QED) is 0.739. The number of nitrogens with zero attached hydrogens (tertiary/aromatic N) is 3. The Morgan fingerprint density at radius 3 is 2.57 bits per heavy atom. The average molecular weight is 384 g/mol. The molecular weight excluding hydrogens is 366 g/mol. The minimum atomic E-state index is -0.787. The van der Waals surface area contributed by atoms with E-state index in [9.17, 15) is 13.6 Å². The summed E-state index contributed by atoms with van der Waals surface area (Å²) in [5.41, 5.74) is 0.853. The highest BCUT2D eigenvalue weighted by Crippen LogP contribution is 2.26. The maximum absolute atomic E-state index is 13.7. The molecule has 0 saturated carbocycles. The number of nitrogens with one attached hydrogen (secondary N) is 1. The van der Waals surface area contributed by atoms with Gasteiger partial charge in [-0.05, 0) is 25.0 Å². The van der Waals surface area contributed by atoms with Crippen LogP contribution in [-0.2, 0) is 4.79 Å². The number of hydrogen-bond acceptors (Lipinski definition) is 5. The summed E-state index contributed by atoms with van der Waals surface area (Å²) in [6.45, 7) is 1.14. The highest BCUT2D eigenvalue weighted by atomic mass is 19.1. The van der Waals surface area contributed by atoms with Crippen molar-refractivity contribution in [2.75, 3.05) is 23.3 Å². The zero-order valence-electron chi connectivity index (χ0n) is 14.9. The Morgan fingerprint density at radius 1 is 1.11 bits per heavy atom. The van der Waals surface area contributed by atoms with Crippen LogP contribution in [0.4, 0.5) is 20.5 Å². The number of anilines is 2. The van der Waals surface area contributed by atoms with E-state index in [4.69, 9.17) is 4.52 Å². The molecule has 0 unspecified atom stereocenters. The van der Waals surface area contributed by atoms with E-state index < -0.39 is 11.6 Å². The van der Waals surface area contributed by atoms with Gasteiger partial charge in [0.1, 0.15) is 11.6 Å². The van der Waals surface area contributed by atoms with Crippen LogP contribution in [0.3, 0.4) is 0 Å². The van der Waals surface area contributed by atoms with E-state index in [1.165, 1.54) is 6.07 Å². The molecule has 6 nitrogen and oxygen atoms in total. The molecule has 0 spiro atoms. The van der Waals surface area contributed by atoms with Crippen molar-refractivity contribution in [1.82, 2.24) is 10.1 Å². The highest BCUT2D eigenvalue weighted by Gasteiger charge is 2.28. The van der Waals surface area contributed by atoms with Gasteiger partial charge >= 0.3 is 6.01 Å². The van der Waals surface area contributed by atoms with Crippen molar-refractivity contribution >= 4 is 17.6 Å². The van der Waals surface area contributed by atoms with Gasteiger partial charge in [-0.1, -0.05) is 35.5 Å². The maximum Gasteiger partial charge on any atom is 0.324 e. The van der Waals surface area contributed by atoms with Crippen LogP contribution >= 0.6 is 0 Å². The van der Waals surface area contributed by atoms with Crippen LogP contribution in [0.1, 0.15) is 12.8 Å². The van der Waals surface area contributed by atoms with Gasteiger partial charge in [0.05, 0.1) is 5.69 Å². The summed E-state index contributed by atoms with van der Waals surface area (Å²) in [6.07, 6.45) is 1.13. The lowest BCUT2D eigenvalue weighted by molar-refractivity contribution is -0.120. The van der Waals surface area contributed by atoms with E-state index in [1.807, 2.05) is 35.2 Å². The van der Waals surface area contributed by atoms with Crippen molar-refractivity contribution in [2.45, 2.75) is 12.8 Å². The molecule has 28 heavy (non-hydrogen) atoms. The van der Waals surface area contributed by atoms with Crippen molar-refractivity contribution in [3.05, 3.63) is 60.2 Å². The minimum Gasteiger partial charge on any atom is -0.324 e. The van der Waals surface area contributed by atoms with Gasteiger partial charge in [0.2, 0.25) is 11.7 Å². The first-order chi connectivity index (χ1) is 13.6. The fraction of sp³-hybridized carbons (Fsp3) is 0.250. The Labute approximate surface area is 160 Å². The number of benzene rings is 2. The number of piperidine rings is 1. The van der Waals surface area contributed by atoms with Crippen molar-refractivity contribution in [2.24, 2.45) is 5.92 Å². The third-order valence-electron chi connectivity index (χ3n) is 4.77.